The number of carbonyl (C=O) groups is 1. The Labute approximate surface area is 161 Å². The summed E-state index contributed by atoms with van der Waals surface area (Å²) in [6.45, 7) is 5.81. The quantitative estimate of drug-likeness (QED) is 0.882. The molecule has 0 atom stereocenters. The minimum atomic E-state index is -0.131. The second-order valence-electron chi connectivity index (χ2n) is 7.69. The SMILES string of the molecule is CCC(CC)C(=O)N1CCC2(CC1)Nc1cc(OC)ccc1-n1cccc12. The van der Waals surface area contributed by atoms with Gasteiger partial charge in [0.15, 0.2) is 0 Å². The van der Waals surface area contributed by atoms with E-state index in [2.05, 4.69) is 59.1 Å². The molecule has 1 amide bonds. The van der Waals surface area contributed by atoms with Crippen molar-refractivity contribution in [3.63, 3.8) is 0 Å². The number of benzene rings is 1. The number of hydrogen-bond acceptors (Lipinski definition) is 3. The maximum Gasteiger partial charge on any atom is 0.225 e. The van der Waals surface area contributed by atoms with Crippen molar-refractivity contribution in [1.82, 2.24) is 9.47 Å². The third-order valence-corrected chi connectivity index (χ3v) is 6.34. The van der Waals surface area contributed by atoms with Crippen LogP contribution in [0, 0.1) is 5.92 Å². The molecular weight excluding hydrogens is 338 g/mol. The predicted molar refractivity (Wildman–Crippen MR) is 108 cm³/mol. The standard InChI is InChI=1S/C22H29N3O2/c1-4-16(5-2)21(26)24-13-10-22(11-14-24)20-7-6-12-25(20)19-9-8-17(27-3)15-18(19)23-22/h6-9,12,15-16,23H,4-5,10-11,13-14H2,1-3H3. The Morgan fingerprint density at radius 2 is 1.96 bits per heavy atom. The highest BCUT2D eigenvalue weighted by Crippen LogP contribution is 2.44. The Balaban J connectivity index is 1.61. The van der Waals surface area contributed by atoms with Crippen LogP contribution >= 0.6 is 0 Å². The molecule has 144 valence electrons. The number of methoxy groups -OCH3 is 1. The van der Waals surface area contributed by atoms with E-state index in [-0.39, 0.29) is 11.5 Å². The van der Waals surface area contributed by atoms with Crippen LogP contribution < -0.4 is 10.1 Å². The van der Waals surface area contributed by atoms with Crippen molar-refractivity contribution >= 4 is 11.6 Å². The normalized spacial score (nSPS) is 17.4. The molecule has 1 spiro atoms. The molecule has 1 fully saturated rings. The molecular formula is C22H29N3O2. The number of likely N-dealkylation sites (tertiary alicyclic amines) is 1. The van der Waals surface area contributed by atoms with Crippen molar-refractivity contribution in [2.45, 2.75) is 45.1 Å². The first kappa shape index (κ1) is 18.0. The lowest BCUT2D eigenvalue weighted by atomic mass is 9.82. The molecule has 1 aromatic heterocycles. The van der Waals surface area contributed by atoms with Gasteiger partial charge in [0.25, 0.3) is 0 Å². The minimum Gasteiger partial charge on any atom is -0.497 e. The minimum absolute atomic E-state index is 0.131. The van der Waals surface area contributed by atoms with E-state index in [1.165, 1.54) is 5.69 Å². The van der Waals surface area contributed by atoms with Crippen molar-refractivity contribution in [3.8, 4) is 11.4 Å². The number of rotatable bonds is 4. The third kappa shape index (κ3) is 2.89. The van der Waals surface area contributed by atoms with Crippen LogP contribution in [0.5, 0.6) is 5.75 Å². The summed E-state index contributed by atoms with van der Waals surface area (Å²) in [7, 11) is 1.70. The highest BCUT2D eigenvalue weighted by Gasteiger charge is 2.42. The molecule has 0 bridgehead atoms. The molecule has 0 radical (unpaired) electrons. The summed E-state index contributed by atoms with van der Waals surface area (Å²) < 4.78 is 7.70. The molecule has 1 saturated heterocycles. The molecule has 0 saturated carbocycles. The molecule has 2 aromatic rings. The molecule has 1 N–H and O–H groups in total. The maximum atomic E-state index is 12.8. The number of aromatic nitrogens is 1. The molecule has 0 aliphatic carbocycles. The zero-order valence-electron chi connectivity index (χ0n) is 16.5. The van der Waals surface area contributed by atoms with Crippen LogP contribution in [0.3, 0.4) is 0 Å². The second-order valence-corrected chi connectivity index (χ2v) is 7.69. The predicted octanol–water partition coefficient (Wildman–Crippen LogP) is 4.17. The van der Waals surface area contributed by atoms with Crippen LogP contribution in [0.1, 0.15) is 45.2 Å². The zero-order chi connectivity index (χ0) is 19.0. The smallest absolute Gasteiger partial charge is 0.225 e. The van der Waals surface area contributed by atoms with Gasteiger partial charge in [-0.05, 0) is 49.9 Å². The van der Waals surface area contributed by atoms with E-state index in [9.17, 15) is 4.79 Å². The average Bonchev–Trinajstić information content (AvgIpc) is 3.20. The Hall–Kier alpha value is -2.43. The number of piperidine rings is 1. The number of amides is 1. The summed E-state index contributed by atoms with van der Waals surface area (Å²) in [4.78, 5) is 14.9. The first-order valence-electron chi connectivity index (χ1n) is 10.0. The Morgan fingerprint density at radius 3 is 2.63 bits per heavy atom. The van der Waals surface area contributed by atoms with Gasteiger partial charge in [-0.3, -0.25) is 4.79 Å². The van der Waals surface area contributed by atoms with Gasteiger partial charge in [-0.15, -0.1) is 0 Å². The first-order valence-corrected chi connectivity index (χ1v) is 10.0. The number of carbonyl (C=O) groups excluding carboxylic acids is 1. The van der Waals surface area contributed by atoms with Gasteiger partial charge in [-0.1, -0.05) is 13.8 Å². The van der Waals surface area contributed by atoms with Crippen molar-refractivity contribution < 1.29 is 9.53 Å². The van der Waals surface area contributed by atoms with E-state index in [4.69, 9.17) is 4.74 Å². The molecule has 5 heteroatoms. The number of hydrogen-bond donors (Lipinski definition) is 1. The highest BCUT2D eigenvalue weighted by atomic mass is 16.5. The van der Waals surface area contributed by atoms with Gasteiger partial charge >= 0.3 is 0 Å². The molecule has 0 unspecified atom stereocenters. The van der Waals surface area contributed by atoms with Crippen molar-refractivity contribution in [1.29, 1.82) is 0 Å². The number of anilines is 1. The van der Waals surface area contributed by atoms with E-state index in [0.29, 0.717) is 5.91 Å². The molecule has 2 aliphatic heterocycles. The number of ether oxygens (including phenoxy) is 1. The Kier molecular flexibility index (Phi) is 4.62. The zero-order valence-corrected chi connectivity index (χ0v) is 16.5. The highest BCUT2D eigenvalue weighted by molar-refractivity contribution is 5.79. The number of nitrogens with one attached hydrogen (secondary N) is 1. The molecule has 27 heavy (non-hydrogen) atoms. The topological polar surface area (TPSA) is 46.5 Å². The average molecular weight is 367 g/mol. The van der Waals surface area contributed by atoms with Gasteiger partial charge in [0.2, 0.25) is 5.91 Å². The third-order valence-electron chi connectivity index (χ3n) is 6.34. The summed E-state index contributed by atoms with van der Waals surface area (Å²) in [5.74, 6) is 1.34. The summed E-state index contributed by atoms with van der Waals surface area (Å²) in [5, 5.41) is 3.81. The summed E-state index contributed by atoms with van der Waals surface area (Å²) >= 11 is 0. The molecule has 1 aromatic carbocycles. The summed E-state index contributed by atoms with van der Waals surface area (Å²) in [6, 6.07) is 10.5. The van der Waals surface area contributed by atoms with Crippen molar-refractivity contribution in [3.05, 3.63) is 42.2 Å². The number of fused-ring (bicyclic) bond motifs is 4. The molecule has 4 rings (SSSR count). The van der Waals surface area contributed by atoms with Gasteiger partial charge in [0.05, 0.1) is 24.0 Å². The van der Waals surface area contributed by atoms with Crippen LogP contribution in [0.25, 0.3) is 5.69 Å². The van der Waals surface area contributed by atoms with E-state index < -0.39 is 0 Å². The van der Waals surface area contributed by atoms with Gasteiger partial charge in [-0.25, -0.2) is 0 Å². The van der Waals surface area contributed by atoms with E-state index in [1.54, 1.807) is 7.11 Å². The Morgan fingerprint density at radius 1 is 1.22 bits per heavy atom. The van der Waals surface area contributed by atoms with Gasteiger partial charge in [-0.2, -0.15) is 0 Å². The fraction of sp³-hybridized carbons (Fsp3) is 0.500. The largest absolute Gasteiger partial charge is 0.497 e. The fourth-order valence-electron chi connectivity index (χ4n) is 4.64. The number of nitrogens with zero attached hydrogens (tertiary/aromatic N) is 2. The summed E-state index contributed by atoms with van der Waals surface area (Å²) in [5.41, 5.74) is 3.40. The second kappa shape index (κ2) is 6.95. The monoisotopic (exact) mass is 367 g/mol. The van der Waals surface area contributed by atoms with Crippen LogP contribution in [-0.4, -0.2) is 35.6 Å². The first-order chi connectivity index (χ1) is 13.1. The van der Waals surface area contributed by atoms with Gasteiger partial charge < -0.3 is 19.5 Å². The van der Waals surface area contributed by atoms with Crippen molar-refractivity contribution in [2.24, 2.45) is 5.92 Å². The van der Waals surface area contributed by atoms with Crippen LogP contribution in [0.4, 0.5) is 5.69 Å². The van der Waals surface area contributed by atoms with Gasteiger partial charge in [0, 0.05) is 37.0 Å². The van der Waals surface area contributed by atoms with Gasteiger partial charge in [0.1, 0.15) is 5.75 Å². The van der Waals surface area contributed by atoms with Crippen LogP contribution in [0.15, 0.2) is 36.5 Å². The molecule has 5 nitrogen and oxygen atoms in total. The maximum absolute atomic E-state index is 12.8. The fourth-order valence-corrected chi connectivity index (χ4v) is 4.64. The lowest BCUT2D eigenvalue weighted by Crippen LogP contribution is -2.52. The van der Waals surface area contributed by atoms with Crippen LogP contribution in [-0.2, 0) is 10.3 Å². The molecule has 3 heterocycles. The Bertz CT molecular complexity index is 830. The van der Waals surface area contributed by atoms with E-state index in [1.807, 2.05) is 6.07 Å². The lowest BCUT2D eigenvalue weighted by Gasteiger charge is -2.46. The van der Waals surface area contributed by atoms with Crippen LogP contribution in [0.2, 0.25) is 0 Å². The molecule has 2 aliphatic rings. The lowest BCUT2D eigenvalue weighted by molar-refractivity contribution is -0.137. The van der Waals surface area contributed by atoms with Crippen molar-refractivity contribution in [2.75, 3.05) is 25.5 Å². The van der Waals surface area contributed by atoms with E-state index >= 15 is 0 Å². The summed E-state index contributed by atoms with van der Waals surface area (Å²) in [6.07, 6.45) is 5.81. The van der Waals surface area contributed by atoms with E-state index in [0.717, 1.165) is 55.9 Å².